The second-order valence-electron chi connectivity index (χ2n) is 9.11. The average Bonchev–Trinajstić information content (AvgIpc) is 3.33. The van der Waals surface area contributed by atoms with Gasteiger partial charge in [0.05, 0.1) is 7.11 Å². The molecule has 1 fully saturated rings. The van der Waals surface area contributed by atoms with E-state index in [0.29, 0.717) is 36.5 Å². The van der Waals surface area contributed by atoms with Crippen molar-refractivity contribution in [1.29, 1.82) is 0 Å². The van der Waals surface area contributed by atoms with Crippen molar-refractivity contribution in [3.63, 3.8) is 0 Å². The Morgan fingerprint density at radius 3 is 2.24 bits per heavy atom. The fourth-order valence-corrected chi connectivity index (χ4v) is 3.45. The van der Waals surface area contributed by atoms with Crippen LogP contribution in [-0.2, 0) is 11.3 Å². The maximum absolute atomic E-state index is 11.9. The van der Waals surface area contributed by atoms with Crippen LogP contribution in [0, 0.1) is 17.8 Å². The number of nitrogens with zero attached hydrogens (tertiary/aromatic N) is 1. The molecule has 180 valence electrons. The van der Waals surface area contributed by atoms with Gasteiger partial charge < -0.3 is 19.7 Å². The number of nitrogens with one attached hydrogen (secondary N) is 1. The molecule has 1 heterocycles. The maximum Gasteiger partial charge on any atom is 0.410 e. The maximum atomic E-state index is 11.9. The van der Waals surface area contributed by atoms with Gasteiger partial charge in [-0.25, -0.2) is 4.79 Å². The normalized spacial score (nSPS) is 15.1. The summed E-state index contributed by atoms with van der Waals surface area (Å²) in [7, 11) is 1.61. The van der Waals surface area contributed by atoms with Gasteiger partial charge in [-0.15, -0.1) is 0 Å². The first-order valence-corrected chi connectivity index (χ1v) is 11.7. The van der Waals surface area contributed by atoms with E-state index in [1.807, 2.05) is 35.2 Å². The third-order valence-corrected chi connectivity index (χ3v) is 5.65. The van der Waals surface area contributed by atoms with Crippen LogP contribution in [0.1, 0.15) is 50.0 Å². The molecule has 1 atom stereocenters. The fraction of sp³-hybridized carbons (Fsp3) is 0.481. The summed E-state index contributed by atoms with van der Waals surface area (Å²) in [5.74, 6) is 2.44. The highest BCUT2D eigenvalue weighted by atomic mass is 16.6. The lowest BCUT2D eigenvalue weighted by molar-refractivity contribution is 0.0948. The van der Waals surface area contributed by atoms with Gasteiger partial charge in [-0.05, 0) is 54.0 Å². The van der Waals surface area contributed by atoms with Crippen LogP contribution in [0.4, 0.5) is 4.79 Å². The standard InChI is InChI=1S/C15H21NO2.C12H17NO2/c1-12(2)14-8-9-16(10-14)15(17)18-11-13-6-4-3-5-7-13;1-9(2)8-13-12(14)10-4-6-11(15-3)7-5-10/h3-7,12,14H,8-11H2,1-2H3;4-7,9H,8H2,1-3H3,(H,13,14)/t14-;/m0./s1. The van der Waals surface area contributed by atoms with E-state index in [1.54, 1.807) is 31.4 Å². The Balaban J connectivity index is 0.000000238. The SMILES string of the molecule is CC(C)[C@H]1CCN(C(=O)OCc2ccccc2)C1.COc1ccc(C(=O)NCC(C)C)cc1. The summed E-state index contributed by atoms with van der Waals surface area (Å²) < 4.78 is 10.3. The summed E-state index contributed by atoms with van der Waals surface area (Å²) in [6.45, 7) is 11.3. The van der Waals surface area contributed by atoms with Gasteiger partial charge in [-0.2, -0.15) is 0 Å². The van der Waals surface area contributed by atoms with Crippen LogP contribution in [0.25, 0.3) is 0 Å². The zero-order valence-corrected chi connectivity index (χ0v) is 20.5. The molecule has 0 unspecified atom stereocenters. The third-order valence-electron chi connectivity index (χ3n) is 5.65. The zero-order valence-electron chi connectivity index (χ0n) is 20.5. The van der Waals surface area contributed by atoms with Crippen molar-refractivity contribution >= 4 is 12.0 Å². The Labute approximate surface area is 198 Å². The second-order valence-corrected chi connectivity index (χ2v) is 9.11. The topological polar surface area (TPSA) is 67.9 Å². The number of amides is 2. The van der Waals surface area contributed by atoms with Crippen LogP contribution in [-0.4, -0.2) is 43.6 Å². The number of benzene rings is 2. The quantitative estimate of drug-likeness (QED) is 0.610. The van der Waals surface area contributed by atoms with Gasteiger partial charge in [0.25, 0.3) is 5.91 Å². The van der Waals surface area contributed by atoms with E-state index in [-0.39, 0.29) is 12.0 Å². The highest BCUT2D eigenvalue weighted by Crippen LogP contribution is 2.24. The molecule has 0 aliphatic carbocycles. The van der Waals surface area contributed by atoms with Crippen LogP contribution in [0.2, 0.25) is 0 Å². The molecular weight excluding hydrogens is 416 g/mol. The van der Waals surface area contributed by atoms with Crippen molar-refractivity contribution in [3.05, 3.63) is 65.7 Å². The molecule has 3 rings (SSSR count). The second kappa shape index (κ2) is 13.5. The Kier molecular flexibility index (Phi) is 10.7. The van der Waals surface area contributed by atoms with Crippen molar-refractivity contribution in [2.24, 2.45) is 17.8 Å². The molecule has 1 N–H and O–H groups in total. The molecule has 1 saturated heterocycles. The van der Waals surface area contributed by atoms with E-state index in [1.165, 1.54) is 0 Å². The Morgan fingerprint density at radius 2 is 1.70 bits per heavy atom. The van der Waals surface area contributed by atoms with Crippen molar-refractivity contribution in [2.75, 3.05) is 26.7 Å². The number of methoxy groups -OCH3 is 1. The molecule has 0 spiro atoms. The Bertz CT molecular complexity index is 850. The summed E-state index contributed by atoms with van der Waals surface area (Å²) in [6, 6.07) is 16.9. The number of ether oxygens (including phenoxy) is 2. The zero-order chi connectivity index (χ0) is 24.2. The smallest absolute Gasteiger partial charge is 0.410 e. The number of carbonyl (C=O) groups is 2. The summed E-state index contributed by atoms with van der Waals surface area (Å²) in [4.78, 5) is 25.3. The first-order chi connectivity index (χ1) is 15.8. The summed E-state index contributed by atoms with van der Waals surface area (Å²) >= 11 is 0. The van der Waals surface area contributed by atoms with Crippen LogP contribution < -0.4 is 10.1 Å². The minimum atomic E-state index is -0.179. The fourth-order valence-electron chi connectivity index (χ4n) is 3.45. The van der Waals surface area contributed by atoms with Crippen LogP contribution in [0.5, 0.6) is 5.75 Å². The van der Waals surface area contributed by atoms with Gasteiger partial charge in [-0.1, -0.05) is 58.0 Å². The molecule has 2 aromatic carbocycles. The predicted molar refractivity (Wildman–Crippen MR) is 131 cm³/mol. The molecule has 0 radical (unpaired) electrons. The monoisotopic (exact) mass is 454 g/mol. The van der Waals surface area contributed by atoms with E-state index in [4.69, 9.17) is 9.47 Å². The molecule has 0 saturated carbocycles. The molecule has 0 bridgehead atoms. The van der Waals surface area contributed by atoms with Crippen molar-refractivity contribution in [3.8, 4) is 5.75 Å². The number of rotatable bonds is 7. The first kappa shape index (κ1) is 26.2. The van der Waals surface area contributed by atoms with Gasteiger partial charge >= 0.3 is 6.09 Å². The van der Waals surface area contributed by atoms with Crippen molar-refractivity contribution in [1.82, 2.24) is 10.2 Å². The average molecular weight is 455 g/mol. The van der Waals surface area contributed by atoms with Crippen molar-refractivity contribution < 1.29 is 19.1 Å². The minimum absolute atomic E-state index is 0.0358. The molecular formula is C27H38N2O4. The summed E-state index contributed by atoms with van der Waals surface area (Å²) in [5, 5.41) is 2.86. The molecule has 1 aliphatic rings. The predicted octanol–water partition coefficient (Wildman–Crippen LogP) is 5.38. The van der Waals surface area contributed by atoms with E-state index >= 15 is 0 Å². The van der Waals surface area contributed by atoms with E-state index in [2.05, 4.69) is 33.0 Å². The molecule has 2 aromatic rings. The number of hydrogen-bond acceptors (Lipinski definition) is 4. The summed E-state index contributed by atoms with van der Waals surface area (Å²) in [6.07, 6.45) is 0.917. The summed E-state index contributed by atoms with van der Waals surface area (Å²) in [5.41, 5.74) is 1.70. The highest BCUT2D eigenvalue weighted by molar-refractivity contribution is 5.94. The van der Waals surface area contributed by atoms with Gasteiger partial charge in [0.1, 0.15) is 12.4 Å². The van der Waals surface area contributed by atoms with Gasteiger partial charge in [0, 0.05) is 25.2 Å². The van der Waals surface area contributed by atoms with Gasteiger partial charge in [0.15, 0.2) is 0 Å². The number of carbonyl (C=O) groups excluding carboxylic acids is 2. The van der Waals surface area contributed by atoms with Gasteiger partial charge in [0.2, 0.25) is 0 Å². The Hall–Kier alpha value is -3.02. The largest absolute Gasteiger partial charge is 0.497 e. The molecule has 6 nitrogen and oxygen atoms in total. The van der Waals surface area contributed by atoms with E-state index < -0.39 is 0 Å². The van der Waals surface area contributed by atoms with Crippen LogP contribution in [0.15, 0.2) is 54.6 Å². The van der Waals surface area contributed by atoms with Gasteiger partial charge in [-0.3, -0.25) is 4.79 Å². The van der Waals surface area contributed by atoms with Crippen LogP contribution in [0.3, 0.4) is 0 Å². The minimum Gasteiger partial charge on any atom is -0.497 e. The molecule has 1 aliphatic heterocycles. The van der Waals surface area contributed by atoms with E-state index in [0.717, 1.165) is 30.8 Å². The number of hydrogen-bond donors (Lipinski definition) is 1. The lowest BCUT2D eigenvalue weighted by Crippen LogP contribution is -2.29. The molecule has 2 amide bonds. The molecule has 0 aromatic heterocycles. The third kappa shape index (κ3) is 9.16. The number of likely N-dealkylation sites (tertiary alicyclic amines) is 1. The van der Waals surface area contributed by atoms with Crippen molar-refractivity contribution in [2.45, 2.75) is 40.7 Å². The lowest BCUT2D eigenvalue weighted by atomic mass is 9.95. The first-order valence-electron chi connectivity index (χ1n) is 11.7. The highest BCUT2D eigenvalue weighted by Gasteiger charge is 2.28. The van der Waals surface area contributed by atoms with E-state index in [9.17, 15) is 9.59 Å². The van der Waals surface area contributed by atoms with Crippen LogP contribution >= 0.6 is 0 Å². The lowest BCUT2D eigenvalue weighted by Gasteiger charge is -2.17. The molecule has 33 heavy (non-hydrogen) atoms. The molecule has 6 heteroatoms. The Morgan fingerprint density at radius 1 is 1.03 bits per heavy atom.